The molecule has 0 atom stereocenters. The molecule has 34 heavy (non-hydrogen) atoms. The second-order valence-electron chi connectivity index (χ2n) is 7.62. The van der Waals surface area contributed by atoms with E-state index in [0.717, 1.165) is 4.68 Å². The summed E-state index contributed by atoms with van der Waals surface area (Å²) in [6.07, 6.45) is -4.80. The number of esters is 1. The molecule has 8 nitrogen and oxygen atoms in total. The predicted molar refractivity (Wildman–Crippen MR) is 119 cm³/mol. The molecule has 1 amide bonds. The first kappa shape index (κ1) is 25.3. The Morgan fingerprint density at radius 1 is 1.09 bits per heavy atom. The number of benzene rings is 1. The van der Waals surface area contributed by atoms with Crippen LogP contribution in [-0.2, 0) is 28.8 Å². The molecule has 0 aliphatic rings. The Morgan fingerprint density at radius 2 is 1.76 bits per heavy atom. The van der Waals surface area contributed by atoms with Crippen LogP contribution in [0.3, 0.4) is 0 Å². The Labute approximate surface area is 198 Å². The van der Waals surface area contributed by atoms with E-state index in [-0.39, 0.29) is 25.2 Å². The molecular weight excluding hydrogens is 475 g/mol. The van der Waals surface area contributed by atoms with Crippen molar-refractivity contribution in [1.29, 1.82) is 0 Å². The second-order valence-corrected chi connectivity index (χ2v) is 8.00. The number of hydrogen-bond acceptors (Lipinski definition) is 5. The first-order chi connectivity index (χ1) is 15.9. The van der Waals surface area contributed by atoms with Crippen molar-refractivity contribution in [2.45, 2.75) is 46.5 Å². The molecule has 1 aromatic carbocycles. The van der Waals surface area contributed by atoms with Crippen LogP contribution in [0.5, 0.6) is 0 Å². The summed E-state index contributed by atoms with van der Waals surface area (Å²) >= 11 is 5.75. The molecule has 0 bridgehead atoms. The standard InChI is InChI=1S/C22H23ClF3N5O3/c1-12-19(14(3)31(28-12)11-15-7-5-6-8-16(15)21(33)34-4)27-17(32)9-10-30-13(2)18(23)20(29-30)22(24,25)26/h5-8H,9-11H2,1-4H3,(H,27,32). The number of carbonyl (C=O) groups excluding carboxylic acids is 2. The highest BCUT2D eigenvalue weighted by molar-refractivity contribution is 6.31. The van der Waals surface area contributed by atoms with E-state index in [2.05, 4.69) is 15.5 Å². The minimum absolute atomic E-state index is 0.0772. The maximum atomic E-state index is 13.0. The van der Waals surface area contributed by atoms with Gasteiger partial charge in [0.25, 0.3) is 0 Å². The van der Waals surface area contributed by atoms with Gasteiger partial charge in [-0.2, -0.15) is 23.4 Å². The van der Waals surface area contributed by atoms with Gasteiger partial charge < -0.3 is 10.1 Å². The van der Waals surface area contributed by atoms with Crippen molar-refractivity contribution in [3.8, 4) is 0 Å². The van der Waals surface area contributed by atoms with Crippen LogP contribution in [0.4, 0.5) is 18.9 Å². The quantitative estimate of drug-likeness (QED) is 0.484. The van der Waals surface area contributed by atoms with Gasteiger partial charge in [-0.3, -0.25) is 14.2 Å². The minimum atomic E-state index is -4.68. The van der Waals surface area contributed by atoms with Gasteiger partial charge in [-0.05, 0) is 32.4 Å². The van der Waals surface area contributed by atoms with Crippen molar-refractivity contribution >= 4 is 29.2 Å². The van der Waals surface area contributed by atoms with Crippen LogP contribution < -0.4 is 5.32 Å². The van der Waals surface area contributed by atoms with Crippen molar-refractivity contribution in [3.05, 3.63) is 63.2 Å². The summed E-state index contributed by atoms with van der Waals surface area (Å²) in [5.74, 6) is -0.881. The van der Waals surface area contributed by atoms with Crippen LogP contribution in [0.15, 0.2) is 24.3 Å². The molecule has 0 aliphatic carbocycles. The average Bonchev–Trinajstić information content (AvgIpc) is 3.22. The fourth-order valence-corrected chi connectivity index (χ4v) is 3.74. The third-order valence-electron chi connectivity index (χ3n) is 5.34. The van der Waals surface area contributed by atoms with E-state index >= 15 is 0 Å². The number of nitrogens with zero attached hydrogens (tertiary/aromatic N) is 4. The molecular formula is C22H23ClF3N5O3. The second kappa shape index (κ2) is 9.88. The van der Waals surface area contributed by atoms with Crippen LogP contribution in [0.1, 0.15) is 45.1 Å². The molecule has 3 aromatic rings. The minimum Gasteiger partial charge on any atom is -0.465 e. The first-order valence-corrected chi connectivity index (χ1v) is 10.6. The van der Waals surface area contributed by atoms with E-state index in [0.29, 0.717) is 28.2 Å². The highest BCUT2D eigenvalue weighted by atomic mass is 35.5. The van der Waals surface area contributed by atoms with Gasteiger partial charge in [0.15, 0.2) is 5.69 Å². The summed E-state index contributed by atoms with van der Waals surface area (Å²) in [5, 5.41) is 10.2. The number of methoxy groups -OCH3 is 1. The molecule has 0 aliphatic heterocycles. The fourth-order valence-electron chi connectivity index (χ4n) is 3.49. The van der Waals surface area contributed by atoms with Gasteiger partial charge >= 0.3 is 12.1 Å². The number of amides is 1. The lowest BCUT2D eigenvalue weighted by molar-refractivity contribution is -0.141. The lowest BCUT2D eigenvalue weighted by atomic mass is 10.1. The summed E-state index contributed by atoms with van der Waals surface area (Å²) in [6, 6.07) is 6.97. The number of alkyl halides is 3. The zero-order chi connectivity index (χ0) is 25.2. The highest BCUT2D eigenvalue weighted by Crippen LogP contribution is 2.35. The lowest BCUT2D eigenvalue weighted by Crippen LogP contribution is -2.17. The fraction of sp³-hybridized carbons (Fsp3) is 0.364. The monoisotopic (exact) mass is 497 g/mol. The van der Waals surface area contributed by atoms with Crippen molar-refractivity contribution in [2.24, 2.45) is 0 Å². The maximum Gasteiger partial charge on any atom is 0.436 e. The number of rotatable bonds is 7. The molecule has 2 aromatic heterocycles. The van der Waals surface area contributed by atoms with Crippen LogP contribution >= 0.6 is 11.6 Å². The SMILES string of the molecule is COC(=O)c1ccccc1Cn1nc(C)c(NC(=O)CCn2nc(C(F)(F)F)c(Cl)c2C)c1C. The number of ether oxygens (including phenoxy) is 1. The molecule has 2 heterocycles. The number of hydrogen-bond donors (Lipinski definition) is 1. The number of halogens is 4. The number of aryl methyl sites for hydroxylation is 2. The van der Waals surface area contributed by atoms with E-state index in [1.165, 1.54) is 14.0 Å². The molecule has 182 valence electrons. The van der Waals surface area contributed by atoms with E-state index in [9.17, 15) is 22.8 Å². The van der Waals surface area contributed by atoms with E-state index < -0.39 is 28.8 Å². The van der Waals surface area contributed by atoms with Crippen LogP contribution in [0, 0.1) is 20.8 Å². The highest BCUT2D eigenvalue weighted by Gasteiger charge is 2.38. The van der Waals surface area contributed by atoms with Crippen molar-refractivity contribution in [3.63, 3.8) is 0 Å². The van der Waals surface area contributed by atoms with Gasteiger partial charge in [0.05, 0.1) is 53.6 Å². The van der Waals surface area contributed by atoms with Gasteiger partial charge in [-0.25, -0.2) is 4.79 Å². The van der Waals surface area contributed by atoms with Crippen molar-refractivity contribution < 1.29 is 27.5 Å². The molecule has 0 fully saturated rings. The Morgan fingerprint density at radius 3 is 2.38 bits per heavy atom. The number of carbonyl (C=O) groups is 2. The largest absolute Gasteiger partial charge is 0.465 e. The zero-order valence-corrected chi connectivity index (χ0v) is 19.7. The molecule has 3 rings (SSSR count). The van der Waals surface area contributed by atoms with Crippen molar-refractivity contribution in [2.75, 3.05) is 12.4 Å². The number of anilines is 1. The van der Waals surface area contributed by atoms with Gasteiger partial charge in [0.1, 0.15) is 0 Å². The molecule has 1 N–H and O–H groups in total. The van der Waals surface area contributed by atoms with Crippen LogP contribution in [-0.4, -0.2) is 38.5 Å². The van der Waals surface area contributed by atoms with Gasteiger partial charge in [0.2, 0.25) is 5.91 Å². The Bertz CT molecular complexity index is 1230. The van der Waals surface area contributed by atoms with Crippen molar-refractivity contribution in [1.82, 2.24) is 19.6 Å². The van der Waals surface area contributed by atoms with Gasteiger partial charge in [0, 0.05) is 6.42 Å². The molecule has 12 heteroatoms. The first-order valence-electron chi connectivity index (χ1n) is 10.2. The molecule has 0 radical (unpaired) electrons. The summed E-state index contributed by atoms with van der Waals surface area (Å²) in [7, 11) is 1.30. The zero-order valence-electron chi connectivity index (χ0n) is 19.0. The summed E-state index contributed by atoms with van der Waals surface area (Å²) in [6.45, 7) is 5.10. The number of aromatic nitrogens is 4. The van der Waals surface area contributed by atoms with Gasteiger partial charge in [-0.15, -0.1) is 0 Å². The maximum absolute atomic E-state index is 13.0. The summed E-state index contributed by atoms with van der Waals surface area (Å²) in [5.41, 5.74) is 1.77. The lowest BCUT2D eigenvalue weighted by Gasteiger charge is -2.10. The topological polar surface area (TPSA) is 91.0 Å². The third kappa shape index (κ3) is 5.24. The molecule has 0 unspecified atom stereocenters. The predicted octanol–water partition coefficient (Wildman–Crippen LogP) is 4.54. The summed E-state index contributed by atoms with van der Waals surface area (Å²) < 4.78 is 46.5. The third-order valence-corrected chi connectivity index (χ3v) is 5.79. The van der Waals surface area contributed by atoms with Crippen LogP contribution in [0.25, 0.3) is 0 Å². The van der Waals surface area contributed by atoms with E-state index in [1.54, 1.807) is 42.8 Å². The normalized spacial score (nSPS) is 11.5. The number of nitrogens with one attached hydrogen (secondary N) is 1. The average molecular weight is 498 g/mol. The Hall–Kier alpha value is -3.34. The molecule has 0 saturated heterocycles. The smallest absolute Gasteiger partial charge is 0.436 e. The Balaban J connectivity index is 1.72. The van der Waals surface area contributed by atoms with E-state index in [1.807, 2.05) is 0 Å². The van der Waals surface area contributed by atoms with Gasteiger partial charge in [-0.1, -0.05) is 29.8 Å². The summed E-state index contributed by atoms with van der Waals surface area (Å²) in [4.78, 5) is 24.6. The molecule has 0 saturated carbocycles. The van der Waals surface area contributed by atoms with Crippen LogP contribution in [0.2, 0.25) is 5.02 Å². The van der Waals surface area contributed by atoms with E-state index in [4.69, 9.17) is 16.3 Å². The molecule has 0 spiro atoms. The Kier molecular flexibility index (Phi) is 7.35.